The molecule has 0 spiro atoms. The average Bonchev–Trinajstić information content (AvgIpc) is 2.17. The molecule has 0 aromatic rings. The molecule has 0 radical (unpaired) electrons. The highest BCUT2D eigenvalue weighted by molar-refractivity contribution is 5.75. The highest BCUT2D eigenvalue weighted by Crippen LogP contribution is 2.18. The van der Waals surface area contributed by atoms with Crippen molar-refractivity contribution >= 4 is 6.03 Å². The van der Waals surface area contributed by atoms with Gasteiger partial charge in [0.15, 0.2) is 0 Å². The molecule has 3 nitrogen and oxygen atoms in total. The molecule has 0 heterocycles. The van der Waals surface area contributed by atoms with Crippen LogP contribution in [0.5, 0.6) is 0 Å². The van der Waals surface area contributed by atoms with Crippen LogP contribution in [-0.4, -0.2) is 29.1 Å². The minimum Gasteiger partial charge on any atom is -0.335 e. The number of urea groups is 1. The fourth-order valence-electron chi connectivity index (χ4n) is 2.56. The van der Waals surface area contributed by atoms with Gasteiger partial charge in [-0.05, 0) is 40.5 Å². The molecule has 3 heteroatoms. The van der Waals surface area contributed by atoms with Crippen molar-refractivity contribution in [3.05, 3.63) is 0 Å². The topological polar surface area (TPSA) is 32.3 Å². The van der Waals surface area contributed by atoms with Gasteiger partial charge in [0.1, 0.15) is 0 Å². The van der Waals surface area contributed by atoms with Gasteiger partial charge < -0.3 is 10.2 Å². The molecule has 2 amide bonds. The van der Waals surface area contributed by atoms with Crippen LogP contribution in [0.2, 0.25) is 0 Å². The van der Waals surface area contributed by atoms with E-state index in [1.165, 1.54) is 19.3 Å². The van der Waals surface area contributed by atoms with Crippen LogP contribution in [0.4, 0.5) is 4.79 Å². The zero-order chi connectivity index (χ0) is 12.1. The molecule has 1 aliphatic carbocycles. The van der Waals surface area contributed by atoms with Gasteiger partial charge in [-0.3, -0.25) is 0 Å². The summed E-state index contributed by atoms with van der Waals surface area (Å²) in [4.78, 5) is 14.0. The lowest BCUT2D eigenvalue weighted by Crippen LogP contribution is -2.50. The standard InChI is InChI=1S/C13H26N2O/c1-10(2)15(11(3)4)13(16)14-12-8-6-5-7-9-12/h10-12H,5-9H2,1-4H3,(H,14,16). The second kappa shape index (κ2) is 6.12. The lowest BCUT2D eigenvalue weighted by molar-refractivity contribution is 0.158. The summed E-state index contributed by atoms with van der Waals surface area (Å²) in [6.45, 7) is 8.28. The molecule has 0 atom stereocenters. The van der Waals surface area contributed by atoms with Crippen molar-refractivity contribution in [3.8, 4) is 0 Å². The van der Waals surface area contributed by atoms with Crippen LogP contribution in [0.25, 0.3) is 0 Å². The summed E-state index contributed by atoms with van der Waals surface area (Å²) < 4.78 is 0. The van der Waals surface area contributed by atoms with E-state index in [9.17, 15) is 4.79 Å². The fraction of sp³-hybridized carbons (Fsp3) is 0.923. The van der Waals surface area contributed by atoms with E-state index in [0.29, 0.717) is 6.04 Å². The van der Waals surface area contributed by atoms with Crippen molar-refractivity contribution in [2.45, 2.75) is 77.9 Å². The van der Waals surface area contributed by atoms with Crippen molar-refractivity contribution in [3.63, 3.8) is 0 Å². The molecule has 0 aliphatic heterocycles. The summed E-state index contributed by atoms with van der Waals surface area (Å²) in [5.74, 6) is 0. The maximum Gasteiger partial charge on any atom is 0.318 e. The van der Waals surface area contributed by atoms with Crippen LogP contribution in [0, 0.1) is 0 Å². The molecule has 0 saturated heterocycles. The van der Waals surface area contributed by atoms with Gasteiger partial charge in [-0.2, -0.15) is 0 Å². The van der Waals surface area contributed by atoms with Gasteiger partial charge in [-0.1, -0.05) is 19.3 Å². The van der Waals surface area contributed by atoms with Crippen LogP contribution in [0.15, 0.2) is 0 Å². The number of nitrogens with one attached hydrogen (secondary N) is 1. The average molecular weight is 226 g/mol. The van der Waals surface area contributed by atoms with Gasteiger partial charge in [-0.15, -0.1) is 0 Å². The van der Waals surface area contributed by atoms with Crippen LogP contribution in [0.1, 0.15) is 59.8 Å². The zero-order valence-electron chi connectivity index (χ0n) is 11.1. The smallest absolute Gasteiger partial charge is 0.318 e. The highest BCUT2D eigenvalue weighted by Gasteiger charge is 2.23. The van der Waals surface area contributed by atoms with E-state index >= 15 is 0 Å². The summed E-state index contributed by atoms with van der Waals surface area (Å²) in [5.41, 5.74) is 0. The first kappa shape index (κ1) is 13.3. The lowest BCUT2D eigenvalue weighted by Gasteiger charge is -2.33. The molecule has 0 bridgehead atoms. The van der Waals surface area contributed by atoms with E-state index in [1.807, 2.05) is 4.90 Å². The molecule has 1 saturated carbocycles. The van der Waals surface area contributed by atoms with Crippen molar-refractivity contribution in [2.75, 3.05) is 0 Å². The van der Waals surface area contributed by atoms with E-state index in [0.717, 1.165) is 12.8 Å². The Hall–Kier alpha value is -0.730. The third-order valence-electron chi connectivity index (χ3n) is 3.28. The minimum absolute atomic E-state index is 0.108. The molecule has 0 unspecified atom stereocenters. The maximum absolute atomic E-state index is 12.1. The van der Waals surface area contributed by atoms with Gasteiger partial charge in [0, 0.05) is 18.1 Å². The van der Waals surface area contributed by atoms with Crippen molar-refractivity contribution < 1.29 is 4.79 Å². The molecule has 1 rings (SSSR count). The second-order valence-corrected chi connectivity index (χ2v) is 5.38. The zero-order valence-corrected chi connectivity index (χ0v) is 11.1. The van der Waals surface area contributed by atoms with Crippen molar-refractivity contribution in [1.82, 2.24) is 10.2 Å². The normalized spacial score (nSPS) is 17.9. The SMILES string of the molecule is CC(C)N(C(=O)NC1CCCCC1)C(C)C. The molecule has 1 N–H and O–H groups in total. The van der Waals surface area contributed by atoms with Crippen molar-refractivity contribution in [1.29, 1.82) is 0 Å². The van der Waals surface area contributed by atoms with Crippen LogP contribution in [0.3, 0.4) is 0 Å². The number of nitrogens with zero attached hydrogens (tertiary/aromatic N) is 1. The first-order valence-corrected chi connectivity index (χ1v) is 6.61. The minimum atomic E-state index is 0.108. The van der Waals surface area contributed by atoms with E-state index in [1.54, 1.807) is 0 Å². The molecular formula is C13H26N2O. The lowest BCUT2D eigenvalue weighted by atomic mass is 9.96. The molecule has 0 aromatic heterocycles. The molecule has 0 aromatic carbocycles. The second-order valence-electron chi connectivity index (χ2n) is 5.38. The number of carbonyl (C=O) groups excluding carboxylic acids is 1. The molecule has 1 aliphatic rings. The number of hydrogen-bond acceptors (Lipinski definition) is 1. The quantitative estimate of drug-likeness (QED) is 0.787. The van der Waals surface area contributed by atoms with Gasteiger partial charge in [0.05, 0.1) is 0 Å². The van der Waals surface area contributed by atoms with E-state index in [-0.39, 0.29) is 18.1 Å². The molecule has 16 heavy (non-hydrogen) atoms. The summed E-state index contributed by atoms with van der Waals surface area (Å²) in [6, 6.07) is 1.05. The third-order valence-corrected chi connectivity index (χ3v) is 3.28. The van der Waals surface area contributed by atoms with Crippen LogP contribution in [-0.2, 0) is 0 Å². The summed E-state index contributed by atoms with van der Waals surface area (Å²) in [6.07, 6.45) is 6.14. The Kier molecular flexibility index (Phi) is 5.10. The largest absolute Gasteiger partial charge is 0.335 e. The third kappa shape index (κ3) is 3.69. The first-order chi connectivity index (χ1) is 7.52. The Morgan fingerprint density at radius 1 is 1.06 bits per heavy atom. The van der Waals surface area contributed by atoms with Crippen LogP contribution < -0.4 is 5.32 Å². The Balaban J connectivity index is 2.47. The molecule has 1 fully saturated rings. The maximum atomic E-state index is 12.1. The predicted molar refractivity (Wildman–Crippen MR) is 67.5 cm³/mol. The Morgan fingerprint density at radius 3 is 2.00 bits per heavy atom. The van der Waals surface area contributed by atoms with Gasteiger partial charge in [0.25, 0.3) is 0 Å². The summed E-state index contributed by atoms with van der Waals surface area (Å²) in [5, 5.41) is 3.17. The van der Waals surface area contributed by atoms with E-state index in [2.05, 4.69) is 33.0 Å². The summed E-state index contributed by atoms with van der Waals surface area (Å²) >= 11 is 0. The Morgan fingerprint density at radius 2 is 1.56 bits per heavy atom. The number of hydrogen-bond donors (Lipinski definition) is 1. The Labute approximate surface area is 99.6 Å². The van der Waals surface area contributed by atoms with Crippen LogP contribution >= 0.6 is 0 Å². The van der Waals surface area contributed by atoms with Gasteiger partial charge >= 0.3 is 6.03 Å². The Bertz CT molecular complexity index is 212. The number of carbonyl (C=O) groups is 1. The van der Waals surface area contributed by atoms with E-state index < -0.39 is 0 Å². The van der Waals surface area contributed by atoms with E-state index in [4.69, 9.17) is 0 Å². The number of amides is 2. The predicted octanol–water partition coefficient (Wildman–Crippen LogP) is 3.15. The molecular weight excluding hydrogens is 200 g/mol. The number of rotatable bonds is 3. The highest BCUT2D eigenvalue weighted by atomic mass is 16.2. The summed E-state index contributed by atoms with van der Waals surface area (Å²) in [7, 11) is 0. The van der Waals surface area contributed by atoms with Gasteiger partial charge in [-0.25, -0.2) is 4.79 Å². The first-order valence-electron chi connectivity index (χ1n) is 6.61. The van der Waals surface area contributed by atoms with Gasteiger partial charge in [0.2, 0.25) is 0 Å². The fourth-order valence-corrected chi connectivity index (χ4v) is 2.56. The van der Waals surface area contributed by atoms with Crippen molar-refractivity contribution in [2.24, 2.45) is 0 Å². The molecule has 94 valence electrons. The monoisotopic (exact) mass is 226 g/mol.